The molecule has 0 saturated heterocycles. The van der Waals surface area contributed by atoms with E-state index in [9.17, 15) is 5.11 Å². The van der Waals surface area contributed by atoms with Gasteiger partial charge in [-0.3, -0.25) is 5.43 Å². The zero-order valence-corrected chi connectivity index (χ0v) is 15.9. The smallest absolute Gasteiger partial charge is 0.203 e. The Balaban J connectivity index is 1.52. The zero-order chi connectivity index (χ0) is 19.2. The minimum atomic E-state index is 0.0272. The van der Waals surface area contributed by atoms with Gasteiger partial charge in [-0.25, -0.2) is 4.98 Å². The van der Waals surface area contributed by atoms with Gasteiger partial charge in [0.2, 0.25) is 5.13 Å². The second-order valence-electron chi connectivity index (χ2n) is 6.22. The fourth-order valence-corrected chi connectivity index (χ4v) is 3.60. The van der Waals surface area contributed by atoms with Crippen LogP contribution in [0.1, 0.15) is 11.1 Å². The summed E-state index contributed by atoms with van der Waals surface area (Å²) in [6.07, 6.45) is 1.80. The predicted octanol–water partition coefficient (Wildman–Crippen LogP) is 5.42. The second kappa shape index (κ2) is 8.61. The molecule has 0 saturated carbocycles. The van der Waals surface area contributed by atoms with Crippen LogP contribution in [-0.4, -0.2) is 16.3 Å². The molecule has 0 spiro atoms. The number of aromatic nitrogens is 1. The molecule has 138 valence electrons. The molecule has 0 aliphatic heterocycles. The standard InChI is InChI=1S/C23H19N3OS/c27-15-17-7-6-11-19(13-17)21-12-5-4-10-20(21)14-24-26-23-25-22(16-28-23)18-8-2-1-3-9-18/h1-14,16,27H,15H2,(H,25,26). The Labute approximate surface area is 167 Å². The van der Waals surface area contributed by atoms with Crippen molar-refractivity contribution in [2.45, 2.75) is 6.61 Å². The van der Waals surface area contributed by atoms with Crippen LogP contribution in [0.25, 0.3) is 22.4 Å². The predicted molar refractivity (Wildman–Crippen MR) is 117 cm³/mol. The molecule has 0 aliphatic carbocycles. The SMILES string of the molecule is OCc1cccc(-c2ccccc2C=NNc2nc(-c3ccccc3)cs2)c1. The van der Waals surface area contributed by atoms with Gasteiger partial charge >= 0.3 is 0 Å². The normalized spacial score (nSPS) is 11.0. The average molecular weight is 385 g/mol. The van der Waals surface area contributed by atoms with Gasteiger partial charge in [-0.05, 0) is 22.8 Å². The third-order valence-electron chi connectivity index (χ3n) is 4.32. The van der Waals surface area contributed by atoms with Crippen molar-refractivity contribution in [1.29, 1.82) is 0 Å². The van der Waals surface area contributed by atoms with E-state index in [0.717, 1.165) is 38.6 Å². The quantitative estimate of drug-likeness (QED) is 0.344. The minimum Gasteiger partial charge on any atom is -0.392 e. The number of nitrogens with one attached hydrogen (secondary N) is 1. The number of thiazole rings is 1. The summed E-state index contributed by atoms with van der Waals surface area (Å²) in [6, 6.07) is 26.0. The summed E-state index contributed by atoms with van der Waals surface area (Å²) in [7, 11) is 0. The molecule has 0 atom stereocenters. The molecule has 0 amide bonds. The maximum atomic E-state index is 9.39. The first-order valence-electron chi connectivity index (χ1n) is 8.93. The summed E-state index contributed by atoms with van der Waals surface area (Å²) in [5, 5.41) is 16.5. The highest BCUT2D eigenvalue weighted by Crippen LogP contribution is 2.25. The lowest BCUT2D eigenvalue weighted by Crippen LogP contribution is -1.93. The van der Waals surface area contributed by atoms with E-state index in [1.165, 1.54) is 11.3 Å². The van der Waals surface area contributed by atoms with Crippen molar-refractivity contribution in [2.75, 3.05) is 5.43 Å². The molecule has 28 heavy (non-hydrogen) atoms. The Hall–Kier alpha value is -3.28. The molecule has 1 heterocycles. The van der Waals surface area contributed by atoms with Crippen LogP contribution in [0.15, 0.2) is 89.3 Å². The highest BCUT2D eigenvalue weighted by molar-refractivity contribution is 7.14. The van der Waals surface area contributed by atoms with Crippen molar-refractivity contribution in [2.24, 2.45) is 5.10 Å². The molecule has 1 aromatic heterocycles. The van der Waals surface area contributed by atoms with Crippen molar-refractivity contribution in [3.63, 3.8) is 0 Å². The van der Waals surface area contributed by atoms with Crippen molar-refractivity contribution in [1.82, 2.24) is 4.98 Å². The summed E-state index contributed by atoms with van der Waals surface area (Å²) in [5.74, 6) is 0. The first-order chi connectivity index (χ1) is 13.8. The number of anilines is 1. The van der Waals surface area contributed by atoms with Crippen LogP contribution < -0.4 is 5.43 Å². The lowest BCUT2D eigenvalue weighted by Gasteiger charge is -2.07. The van der Waals surface area contributed by atoms with Crippen molar-refractivity contribution < 1.29 is 5.11 Å². The van der Waals surface area contributed by atoms with Gasteiger partial charge in [0.05, 0.1) is 18.5 Å². The maximum absolute atomic E-state index is 9.39. The van der Waals surface area contributed by atoms with E-state index in [-0.39, 0.29) is 6.61 Å². The number of nitrogens with zero attached hydrogens (tertiary/aromatic N) is 2. The molecule has 5 heteroatoms. The van der Waals surface area contributed by atoms with Gasteiger partial charge in [-0.15, -0.1) is 11.3 Å². The number of hydrazone groups is 1. The third kappa shape index (κ3) is 4.17. The molecular weight excluding hydrogens is 366 g/mol. The van der Waals surface area contributed by atoms with Gasteiger partial charge in [0.15, 0.2) is 0 Å². The Kier molecular flexibility index (Phi) is 5.56. The summed E-state index contributed by atoms with van der Waals surface area (Å²) < 4.78 is 0. The van der Waals surface area contributed by atoms with E-state index >= 15 is 0 Å². The van der Waals surface area contributed by atoms with E-state index in [1.54, 1.807) is 6.21 Å². The number of rotatable bonds is 6. The van der Waals surface area contributed by atoms with E-state index in [1.807, 2.05) is 78.2 Å². The molecular formula is C23H19N3OS. The largest absolute Gasteiger partial charge is 0.392 e. The number of hydrogen-bond donors (Lipinski definition) is 2. The van der Waals surface area contributed by atoms with Crippen LogP contribution in [-0.2, 0) is 6.61 Å². The monoisotopic (exact) mass is 385 g/mol. The summed E-state index contributed by atoms with van der Waals surface area (Å²) >= 11 is 1.52. The molecule has 0 fully saturated rings. The lowest BCUT2D eigenvalue weighted by atomic mass is 9.99. The fourth-order valence-electron chi connectivity index (χ4n) is 2.93. The zero-order valence-electron chi connectivity index (χ0n) is 15.1. The Bertz CT molecular complexity index is 1090. The first kappa shape index (κ1) is 18.1. The Morgan fingerprint density at radius 3 is 2.57 bits per heavy atom. The fraction of sp³-hybridized carbons (Fsp3) is 0.0435. The van der Waals surface area contributed by atoms with Gasteiger partial charge in [0, 0.05) is 16.5 Å². The van der Waals surface area contributed by atoms with Gasteiger partial charge in [-0.2, -0.15) is 5.10 Å². The molecule has 0 unspecified atom stereocenters. The van der Waals surface area contributed by atoms with Crippen molar-refractivity contribution in [3.8, 4) is 22.4 Å². The highest BCUT2D eigenvalue weighted by atomic mass is 32.1. The van der Waals surface area contributed by atoms with Gasteiger partial charge in [-0.1, -0.05) is 72.8 Å². The highest BCUT2D eigenvalue weighted by Gasteiger charge is 2.05. The molecule has 0 bridgehead atoms. The molecule has 4 nitrogen and oxygen atoms in total. The number of hydrogen-bond acceptors (Lipinski definition) is 5. The van der Waals surface area contributed by atoms with Crippen LogP contribution in [0.5, 0.6) is 0 Å². The van der Waals surface area contributed by atoms with Crippen LogP contribution >= 0.6 is 11.3 Å². The minimum absolute atomic E-state index is 0.0272. The molecule has 3 aromatic carbocycles. The van der Waals surface area contributed by atoms with Gasteiger partial charge in [0.1, 0.15) is 0 Å². The number of aliphatic hydroxyl groups is 1. The van der Waals surface area contributed by atoms with E-state index in [4.69, 9.17) is 0 Å². The molecule has 4 aromatic rings. The second-order valence-corrected chi connectivity index (χ2v) is 7.08. The van der Waals surface area contributed by atoms with Crippen molar-refractivity contribution >= 4 is 22.7 Å². The maximum Gasteiger partial charge on any atom is 0.203 e. The van der Waals surface area contributed by atoms with E-state index in [2.05, 4.69) is 21.6 Å². The molecule has 0 aliphatic rings. The molecule has 2 N–H and O–H groups in total. The van der Waals surface area contributed by atoms with Gasteiger partial charge in [0.25, 0.3) is 0 Å². The number of aliphatic hydroxyl groups excluding tert-OH is 1. The average Bonchev–Trinajstić information content (AvgIpc) is 3.24. The summed E-state index contributed by atoms with van der Waals surface area (Å²) in [6.45, 7) is 0.0272. The third-order valence-corrected chi connectivity index (χ3v) is 5.07. The number of benzene rings is 3. The van der Waals surface area contributed by atoms with Crippen LogP contribution in [0, 0.1) is 0 Å². The topological polar surface area (TPSA) is 57.5 Å². The van der Waals surface area contributed by atoms with Crippen LogP contribution in [0.3, 0.4) is 0 Å². The van der Waals surface area contributed by atoms with Crippen LogP contribution in [0.4, 0.5) is 5.13 Å². The van der Waals surface area contributed by atoms with Gasteiger partial charge < -0.3 is 5.11 Å². The Morgan fingerprint density at radius 2 is 1.71 bits per heavy atom. The lowest BCUT2D eigenvalue weighted by molar-refractivity contribution is 0.282. The van der Waals surface area contributed by atoms with Crippen molar-refractivity contribution in [3.05, 3.63) is 95.4 Å². The van der Waals surface area contributed by atoms with E-state index in [0.29, 0.717) is 0 Å². The van der Waals surface area contributed by atoms with E-state index < -0.39 is 0 Å². The first-order valence-corrected chi connectivity index (χ1v) is 9.81. The summed E-state index contributed by atoms with van der Waals surface area (Å²) in [4.78, 5) is 4.58. The molecule has 4 rings (SSSR count). The Morgan fingerprint density at radius 1 is 0.929 bits per heavy atom. The molecule has 0 radical (unpaired) electrons. The summed E-state index contributed by atoms with van der Waals surface area (Å²) in [5.41, 5.74) is 9.03. The van der Waals surface area contributed by atoms with Crippen LogP contribution in [0.2, 0.25) is 0 Å².